The highest BCUT2D eigenvalue weighted by Crippen LogP contribution is 3.16. The van der Waals surface area contributed by atoms with Gasteiger partial charge in [0.05, 0.1) is 0 Å². The predicted molar refractivity (Wildman–Crippen MR) is 347 cm³/mol. The molecular formula is C76H110O2S. The molecule has 6 aromatic carbocycles. The van der Waals surface area contributed by atoms with Gasteiger partial charge in [0.25, 0.3) is 0 Å². The summed E-state index contributed by atoms with van der Waals surface area (Å²) in [6.07, 6.45) is 0. The average molecular weight is 1090 g/mol. The summed E-state index contributed by atoms with van der Waals surface area (Å²) in [7, 11) is -6.07. The highest BCUT2D eigenvalue weighted by atomic mass is 32.4. The number of aromatic hydroxyl groups is 2. The van der Waals surface area contributed by atoms with Crippen LogP contribution < -0.4 is 0 Å². The SMILES string of the molecule is Cc1cc(C(C)(C)C)c(S(c2cc(C)c(O)c(C)c2)(c2cc(C)c(O)c(C)c2)(c2c(C(C)(C)C)cc(C)cc2C(C)(C)C)(c2c(C(C)(C)C)cc(C)cc2C(C)(C)C)c2c(C(C)(C)C)cc(C)cc2C(C)(C)C)c(C(C)(C)C)c1. The molecule has 79 heavy (non-hydrogen) atoms. The number of benzene rings is 6. The molecule has 0 aromatic heterocycles. The van der Waals surface area contributed by atoms with E-state index < -0.39 is 51.6 Å². The lowest BCUT2D eigenvalue weighted by atomic mass is 9.78. The van der Waals surface area contributed by atoms with E-state index in [1.165, 1.54) is 96.1 Å². The molecule has 2 nitrogen and oxygen atoms in total. The summed E-state index contributed by atoms with van der Waals surface area (Å²) in [6.45, 7) is 77.1. The van der Waals surface area contributed by atoms with E-state index in [4.69, 9.17) is 0 Å². The van der Waals surface area contributed by atoms with Crippen molar-refractivity contribution in [1.82, 2.24) is 0 Å². The maximum Gasteiger partial charge on any atom is 0.121 e. The molecule has 0 spiro atoms. The minimum Gasteiger partial charge on any atom is -0.507 e. The molecule has 6 aromatic rings. The maximum atomic E-state index is 12.8. The number of phenolic OH excluding ortho intramolecular Hbond substituents is 2. The molecule has 0 saturated heterocycles. The van der Waals surface area contributed by atoms with E-state index in [1.807, 2.05) is 0 Å². The van der Waals surface area contributed by atoms with Gasteiger partial charge in [-0.05, 0) is 200 Å². The molecule has 2 N–H and O–H groups in total. The summed E-state index contributed by atoms with van der Waals surface area (Å²) < 4.78 is 0. The maximum absolute atomic E-state index is 12.8. The quantitative estimate of drug-likeness (QED) is 0.174. The van der Waals surface area contributed by atoms with E-state index >= 15 is 0 Å². The fourth-order valence-corrected chi connectivity index (χ4v) is 26.4. The Balaban J connectivity index is 2.84. The summed E-state index contributed by atoms with van der Waals surface area (Å²) >= 11 is 0. The molecule has 0 fully saturated rings. The Hall–Kier alpha value is -4.73. The Kier molecular flexibility index (Phi) is 15.2. The molecule has 0 aliphatic carbocycles. The van der Waals surface area contributed by atoms with Gasteiger partial charge >= 0.3 is 0 Å². The van der Waals surface area contributed by atoms with Gasteiger partial charge in [-0.25, -0.2) is 0 Å². The van der Waals surface area contributed by atoms with Crippen molar-refractivity contribution in [3.05, 3.63) is 162 Å². The van der Waals surface area contributed by atoms with Gasteiger partial charge in [0.15, 0.2) is 0 Å². The number of phenols is 2. The Morgan fingerprint density at radius 2 is 0.354 bits per heavy atom. The summed E-state index contributed by atoms with van der Waals surface area (Å²) in [5.41, 5.74) is 14.8. The van der Waals surface area contributed by atoms with Crippen LogP contribution in [0.2, 0.25) is 0 Å². The van der Waals surface area contributed by atoms with E-state index in [0.29, 0.717) is 11.5 Å². The first kappa shape index (κ1) is 63.5. The lowest BCUT2D eigenvalue weighted by molar-refractivity contribution is 0.466. The van der Waals surface area contributed by atoms with Crippen LogP contribution in [0.1, 0.15) is 255 Å². The molecule has 0 amide bonds. The fraction of sp³-hybridized carbons (Fsp3) is 0.526. The standard InChI is InChI=1S/C76H110O2S/c1-45-33-55(69(9,10)11)65(56(34-45)70(12,13)14)79(53-41-49(5)63(77)50(6)42-53,54-43-51(7)64(78)52(8)44-54,66-57(71(15,16)17)35-46(2)36-58(66)72(18,19)20,67-59(73(21,22)23)37-47(3)38-60(67)74(24,25)26)68-61(75(27,28)29)39-48(4)40-62(68)76(30,31)32/h33-44,77-78H,1-32H3. The van der Waals surface area contributed by atoms with Crippen LogP contribution in [0.4, 0.5) is 0 Å². The summed E-state index contributed by atoms with van der Waals surface area (Å²) in [5.74, 6) is 0.621. The van der Waals surface area contributed by atoms with E-state index in [-0.39, 0.29) is 0 Å². The summed E-state index contributed by atoms with van der Waals surface area (Å²) in [5, 5.41) is 25.7. The topological polar surface area (TPSA) is 40.5 Å². The lowest BCUT2D eigenvalue weighted by Gasteiger charge is -2.85. The molecule has 0 unspecified atom stereocenters. The first-order valence-corrected chi connectivity index (χ1v) is 32.0. The molecule has 0 radical (unpaired) electrons. The van der Waals surface area contributed by atoms with Crippen LogP contribution in [-0.4, -0.2) is 10.2 Å². The number of hydrogen-bond donors (Lipinski definition) is 2. The molecule has 432 valence electrons. The summed E-state index contributed by atoms with van der Waals surface area (Å²) in [6, 6.07) is 30.7. The van der Waals surface area contributed by atoms with Gasteiger partial charge in [-0.1, -0.05) is 237 Å². The minimum absolute atomic E-state index is 0.311. The van der Waals surface area contributed by atoms with Crippen LogP contribution in [0.15, 0.2) is 102 Å². The lowest BCUT2D eigenvalue weighted by Crippen LogP contribution is -2.50. The van der Waals surface area contributed by atoms with Gasteiger partial charge in [0.1, 0.15) is 11.5 Å². The molecular weight excluding hydrogens is 977 g/mol. The van der Waals surface area contributed by atoms with Gasteiger partial charge < -0.3 is 10.2 Å². The van der Waals surface area contributed by atoms with Crippen LogP contribution in [0, 0.1) is 55.4 Å². The van der Waals surface area contributed by atoms with E-state index in [0.717, 1.165) is 22.3 Å². The summed E-state index contributed by atoms with van der Waals surface area (Å²) in [4.78, 5) is 7.74. The third-order valence-electron chi connectivity index (χ3n) is 17.5. The van der Waals surface area contributed by atoms with Gasteiger partial charge in [0.2, 0.25) is 0 Å². The monoisotopic (exact) mass is 1090 g/mol. The zero-order valence-electron chi connectivity index (χ0n) is 56.2. The van der Waals surface area contributed by atoms with E-state index in [1.54, 1.807) is 0 Å². The van der Waals surface area contributed by atoms with Crippen molar-refractivity contribution in [3.63, 3.8) is 0 Å². The Labute approximate surface area is 483 Å². The molecule has 6 rings (SSSR count). The molecule has 0 saturated carbocycles. The Morgan fingerprint density at radius 3 is 0.468 bits per heavy atom. The zero-order valence-corrected chi connectivity index (χ0v) is 57.0. The molecule has 0 aliphatic heterocycles. The average Bonchev–Trinajstić information content (AvgIpc) is 3.25. The number of aryl methyl sites for hydroxylation is 8. The van der Waals surface area contributed by atoms with Crippen LogP contribution in [0.3, 0.4) is 0 Å². The second kappa shape index (κ2) is 18.9. The number of hydrogen-bond acceptors (Lipinski definition) is 2. The van der Waals surface area contributed by atoms with Crippen molar-refractivity contribution < 1.29 is 10.2 Å². The molecule has 0 bridgehead atoms. The van der Waals surface area contributed by atoms with Crippen LogP contribution >= 0.6 is 8.29 Å². The number of rotatable bonds is 6. The van der Waals surface area contributed by atoms with Crippen molar-refractivity contribution in [2.45, 2.75) is 294 Å². The normalized spacial score (nSPS) is 14.6. The minimum atomic E-state index is -6.07. The molecule has 0 heterocycles. The fourth-order valence-electron chi connectivity index (χ4n) is 13.9. The first-order valence-electron chi connectivity index (χ1n) is 29.6. The highest BCUT2D eigenvalue weighted by molar-refractivity contribution is 8.65. The highest BCUT2D eigenvalue weighted by Gasteiger charge is 2.77. The van der Waals surface area contributed by atoms with Crippen molar-refractivity contribution in [1.29, 1.82) is 0 Å². The van der Waals surface area contributed by atoms with Crippen molar-refractivity contribution in [2.24, 2.45) is 0 Å². The largest absolute Gasteiger partial charge is 0.507 e. The predicted octanol–water partition coefficient (Wildman–Crippen LogP) is 22.5. The second-order valence-electron chi connectivity index (χ2n) is 33.1. The van der Waals surface area contributed by atoms with Crippen LogP contribution in [0.5, 0.6) is 11.5 Å². The van der Waals surface area contributed by atoms with Crippen molar-refractivity contribution in [3.8, 4) is 11.5 Å². The first-order chi connectivity index (χ1) is 35.3. The van der Waals surface area contributed by atoms with Crippen LogP contribution in [0.25, 0.3) is 0 Å². The van der Waals surface area contributed by atoms with Gasteiger partial charge in [-0.3, -0.25) is 0 Å². The zero-order chi connectivity index (χ0) is 60.7. The van der Waals surface area contributed by atoms with Gasteiger partial charge in [-0.15, -0.1) is 8.29 Å². The molecule has 0 aliphatic rings. The van der Waals surface area contributed by atoms with E-state index in [9.17, 15) is 10.2 Å². The van der Waals surface area contributed by atoms with Gasteiger partial charge in [0, 0.05) is 19.6 Å². The van der Waals surface area contributed by atoms with Crippen molar-refractivity contribution >= 4 is 8.29 Å². The molecule has 0 atom stereocenters. The van der Waals surface area contributed by atoms with Crippen LogP contribution in [-0.2, 0) is 43.3 Å². The smallest absolute Gasteiger partial charge is 0.121 e. The third-order valence-corrected chi connectivity index (χ3v) is 26.2. The second-order valence-corrected chi connectivity index (χ2v) is 38.7. The molecule has 3 heteroatoms. The van der Waals surface area contributed by atoms with Crippen molar-refractivity contribution in [2.75, 3.05) is 0 Å². The Bertz CT molecular complexity index is 2830. The third kappa shape index (κ3) is 9.37. The van der Waals surface area contributed by atoms with E-state index in [2.05, 4.69) is 294 Å². The Morgan fingerprint density at radius 1 is 0.228 bits per heavy atom. The van der Waals surface area contributed by atoms with Gasteiger partial charge in [-0.2, -0.15) is 0 Å².